The molecule has 0 saturated heterocycles. The van der Waals surface area contributed by atoms with Crippen molar-refractivity contribution < 1.29 is 9.90 Å². The molecule has 0 aliphatic carbocycles. The third-order valence-electron chi connectivity index (χ3n) is 0.931. The Balaban J connectivity index is 0. The van der Waals surface area contributed by atoms with Gasteiger partial charge in [0.05, 0.1) is 0 Å². The molecule has 0 aliphatic rings. The zero-order valence-corrected chi connectivity index (χ0v) is 6.77. The third-order valence-corrected chi connectivity index (χ3v) is 1.30. The zero-order valence-electron chi connectivity index (χ0n) is 5.87. The van der Waals surface area contributed by atoms with Gasteiger partial charge in [-0.2, -0.15) is 12.6 Å². The maximum absolute atomic E-state index is 10.2. The van der Waals surface area contributed by atoms with Gasteiger partial charge >= 0.3 is 5.97 Å². The molecular formula is C5H11BNO2S. The Labute approximate surface area is 68.2 Å². The molecule has 3 nitrogen and oxygen atoms in total. The minimum absolute atomic E-state index is 0. The lowest BCUT2D eigenvalue weighted by molar-refractivity contribution is -0.138. The first kappa shape index (κ1) is 12.5. The molecule has 0 bridgehead atoms. The molecule has 5 heteroatoms. The van der Waals surface area contributed by atoms with E-state index >= 15 is 0 Å². The molecule has 10 heavy (non-hydrogen) atoms. The lowest BCUT2D eigenvalue weighted by Gasteiger charge is -2.07. The number of rotatable bonds is 4. The van der Waals surface area contributed by atoms with Gasteiger partial charge in [-0.1, -0.05) is 6.92 Å². The Kier molecular flexibility index (Phi) is 8.71. The van der Waals surface area contributed by atoms with Gasteiger partial charge in [0.1, 0.15) is 6.04 Å². The number of aliphatic carboxylic acids is 1. The Morgan fingerprint density at radius 2 is 2.30 bits per heavy atom. The van der Waals surface area contributed by atoms with E-state index < -0.39 is 12.0 Å². The minimum Gasteiger partial charge on any atom is -0.480 e. The number of carboxylic acids is 1. The highest BCUT2D eigenvalue weighted by Crippen LogP contribution is 1.86. The van der Waals surface area contributed by atoms with Crippen LogP contribution in [0.2, 0.25) is 0 Å². The van der Waals surface area contributed by atoms with E-state index in [0.717, 1.165) is 0 Å². The number of hydrogen-bond donors (Lipinski definition) is 3. The second-order valence-electron chi connectivity index (χ2n) is 1.63. The van der Waals surface area contributed by atoms with E-state index in [0.29, 0.717) is 12.3 Å². The van der Waals surface area contributed by atoms with Gasteiger partial charge in [0.2, 0.25) is 0 Å². The lowest BCUT2D eigenvalue weighted by atomic mass is 10.3. The predicted molar refractivity (Wildman–Crippen MR) is 44.7 cm³/mol. The van der Waals surface area contributed by atoms with Crippen molar-refractivity contribution in [3.63, 3.8) is 0 Å². The van der Waals surface area contributed by atoms with Gasteiger partial charge in [-0.3, -0.25) is 4.79 Å². The molecule has 0 heterocycles. The molecule has 0 aromatic heterocycles. The molecule has 0 amide bonds. The molecule has 0 saturated carbocycles. The molecule has 0 aliphatic heterocycles. The van der Waals surface area contributed by atoms with Crippen molar-refractivity contribution in [2.45, 2.75) is 13.0 Å². The summed E-state index contributed by atoms with van der Waals surface area (Å²) in [5.74, 6) is -0.504. The van der Waals surface area contributed by atoms with Gasteiger partial charge in [0.25, 0.3) is 0 Å². The van der Waals surface area contributed by atoms with Crippen LogP contribution in [0.5, 0.6) is 0 Å². The highest BCUT2D eigenvalue weighted by atomic mass is 32.1. The van der Waals surface area contributed by atoms with Gasteiger partial charge in [-0.25, -0.2) is 0 Å². The number of likely N-dealkylation sites (N-methyl/N-ethyl adjacent to an activating group) is 1. The molecule has 0 aromatic carbocycles. The van der Waals surface area contributed by atoms with Crippen LogP contribution in [0.15, 0.2) is 0 Å². The first-order valence-corrected chi connectivity index (χ1v) is 3.42. The summed E-state index contributed by atoms with van der Waals surface area (Å²) < 4.78 is 0. The van der Waals surface area contributed by atoms with Crippen LogP contribution < -0.4 is 5.32 Å². The predicted octanol–water partition coefficient (Wildman–Crippen LogP) is -0.402. The van der Waals surface area contributed by atoms with Crippen molar-refractivity contribution in [3.05, 3.63) is 0 Å². The van der Waals surface area contributed by atoms with Crippen molar-refractivity contribution in [1.82, 2.24) is 5.32 Å². The highest BCUT2D eigenvalue weighted by molar-refractivity contribution is 7.80. The summed E-state index contributed by atoms with van der Waals surface area (Å²) in [6.07, 6.45) is 0. The summed E-state index contributed by atoms with van der Waals surface area (Å²) >= 11 is 3.85. The Morgan fingerprint density at radius 3 is 2.40 bits per heavy atom. The van der Waals surface area contributed by atoms with Crippen LogP contribution in [0.25, 0.3) is 0 Å². The van der Waals surface area contributed by atoms with Crippen molar-refractivity contribution in [3.8, 4) is 0 Å². The number of hydrogen-bond acceptors (Lipinski definition) is 3. The summed E-state index contributed by atoms with van der Waals surface area (Å²) in [5, 5.41) is 11.1. The van der Waals surface area contributed by atoms with Gasteiger partial charge in [0.15, 0.2) is 0 Å². The average Bonchev–Trinajstić information content (AvgIpc) is 1.82. The molecule has 1 atom stereocenters. The maximum atomic E-state index is 10.2. The van der Waals surface area contributed by atoms with Gasteiger partial charge < -0.3 is 10.4 Å². The monoisotopic (exact) mass is 160 g/mol. The molecule has 0 spiro atoms. The summed E-state index contributed by atoms with van der Waals surface area (Å²) in [6, 6.07) is -0.502. The second-order valence-corrected chi connectivity index (χ2v) is 2.00. The van der Waals surface area contributed by atoms with Crippen LogP contribution >= 0.6 is 12.6 Å². The SMILES string of the molecule is CCN[C@@H](CS)C(=O)O.[B]. The van der Waals surface area contributed by atoms with Gasteiger partial charge in [0, 0.05) is 14.2 Å². The molecule has 2 N–H and O–H groups in total. The van der Waals surface area contributed by atoms with Crippen LogP contribution in [0.3, 0.4) is 0 Å². The van der Waals surface area contributed by atoms with Crippen LogP contribution in [0, 0.1) is 0 Å². The average molecular weight is 160 g/mol. The largest absolute Gasteiger partial charge is 0.480 e. The Bertz CT molecular complexity index is 102. The maximum Gasteiger partial charge on any atom is 0.321 e. The quantitative estimate of drug-likeness (QED) is 0.387. The van der Waals surface area contributed by atoms with Crippen molar-refractivity contribution in [1.29, 1.82) is 0 Å². The number of carbonyl (C=O) groups is 1. The summed E-state index contributed by atoms with van der Waals surface area (Å²) in [6.45, 7) is 2.52. The van der Waals surface area contributed by atoms with Crippen LogP contribution in [-0.2, 0) is 4.79 Å². The first-order valence-electron chi connectivity index (χ1n) is 2.79. The third kappa shape index (κ3) is 4.70. The molecule has 57 valence electrons. The molecule has 0 fully saturated rings. The normalized spacial score (nSPS) is 11.8. The molecular weight excluding hydrogens is 149 g/mol. The molecule has 0 unspecified atom stereocenters. The van der Waals surface area contributed by atoms with E-state index in [-0.39, 0.29) is 8.41 Å². The van der Waals surface area contributed by atoms with Crippen LogP contribution in [0.1, 0.15) is 6.92 Å². The van der Waals surface area contributed by atoms with E-state index in [1.165, 1.54) is 0 Å². The highest BCUT2D eigenvalue weighted by Gasteiger charge is 2.11. The smallest absolute Gasteiger partial charge is 0.321 e. The van der Waals surface area contributed by atoms with Gasteiger partial charge in [-0.05, 0) is 6.54 Å². The fourth-order valence-corrected chi connectivity index (χ4v) is 0.762. The number of carboxylic acid groups (broad SMARTS) is 1. The van der Waals surface area contributed by atoms with E-state index in [9.17, 15) is 4.79 Å². The molecule has 3 radical (unpaired) electrons. The zero-order chi connectivity index (χ0) is 7.28. The number of thiol groups is 1. The summed E-state index contributed by atoms with van der Waals surface area (Å²) in [5.41, 5.74) is 0. The fraction of sp³-hybridized carbons (Fsp3) is 0.800. The van der Waals surface area contributed by atoms with Crippen LogP contribution in [0.4, 0.5) is 0 Å². The first-order chi connectivity index (χ1) is 4.22. The molecule has 0 rings (SSSR count). The van der Waals surface area contributed by atoms with Crippen molar-refractivity contribution in [2.75, 3.05) is 12.3 Å². The van der Waals surface area contributed by atoms with Crippen LogP contribution in [-0.4, -0.2) is 37.8 Å². The van der Waals surface area contributed by atoms with E-state index in [1.807, 2.05) is 6.92 Å². The van der Waals surface area contributed by atoms with Gasteiger partial charge in [-0.15, -0.1) is 0 Å². The lowest BCUT2D eigenvalue weighted by Crippen LogP contribution is -2.37. The Hall–Kier alpha value is -0.155. The standard InChI is InChI=1S/C5H11NO2S.B/c1-2-6-4(3-9)5(7)8;/h4,6,9H,2-3H2,1H3,(H,7,8);/t4-;/m0./s1. The number of nitrogens with one attached hydrogen (secondary N) is 1. The Morgan fingerprint density at radius 1 is 1.80 bits per heavy atom. The van der Waals surface area contributed by atoms with Crippen molar-refractivity contribution in [2.24, 2.45) is 0 Å². The molecule has 0 aromatic rings. The van der Waals surface area contributed by atoms with E-state index in [1.54, 1.807) is 0 Å². The topological polar surface area (TPSA) is 49.3 Å². The second kappa shape index (κ2) is 6.96. The summed E-state index contributed by atoms with van der Waals surface area (Å²) in [4.78, 5) is 10.2. The minimum atomic E-state index is -0.841. The summed E-state index contributed by atoms with van der Waals surface area (Å²) in [7, 11) is 0. The van der Waals surface area contributed by atoms with E-state index in [4.69, 9.17) is 5.11 Å². The van der Waals surface area contributed by atoms with E-state index in [2.05, 4.69) is 17.9 Å². The fourth-order valence-electron chi connectivity index (χ4n) is 0.476. The van der Waals surface area contributed by atoms with Crippen molar-refractivity contribution >= 4 is 27.0 Å².